The molecule has 0 saturated carbocycles. The Morgan fingerprint density at radius 1 is 1.46 bits per heavy atom. The minimum absolute atomic E-state index is 0.116. The summed E-state index contributed by atoms with van der Waals surface area (Å²) < 4.78 is 5.38. The van der Waals surface area contributed by atoms with E-state index in [2.05, 4.69) is 5.48 Å². The molecule has 0 fully saturated rings. The number of rotatable bonds is 6. The molecule has 0 aromatic heterocycles. The zero-order valence-electron chi connectivity index (χ0n) is 8.42. The van der Waals surface area contributed by atoms with Crippen molar-refractivity contribution in [3.8, 4) is 0 Å². The number of carbonyl (C=O) groups is 1. The third kappa shape index (κ3) is 11.3. The van der Waals surface area contributed by atoms with Gasteiger partial charge in [0.25, 0.3) is 0 Å². The summed E-state index contributed by atoms with van der Waals surface area (Å²) in [4.78, 5) is 14.9. The second-order valence-electron chi connectivity index (χ2n) is 3.61. The van der Waals surface area contributed by atoms with Crippen LogP contribution in [0.2, 0.25) is 0 Å². The highest BCUT2D eigenvalue weighted by Gasteiger charge is 2.08. The van der Waals surface area contributed by atoms with Gasteiger partial charge in [0.05, 0.1) is 12.2 Å². The molecule has 0 rings (SSSR count). The summed E-state index contributed by atoms with van der Waals surface area (Å²) in [6.07, 6.45) is 0. The number of nitrogens with one attached hydrogen (secondary N) is 1. The first kappa shape index (κ1) is 12.3. The molecule has 0 aliphatic carbocycles. The lowest BCUT2D eigenvalue weighted by Crippen LogP contribution is -2.29. The Labute approximate surface area is 78.5 Å². The molecule has 3 N–H and O–H groups in total. The van der Waals surface area contributed by atoms with Crippen molar-refractivity contribution in [2.45, 2.75) is 26.4 Å². The number of hydrogen-bond acceptors (Lipinski definition) is 4. The van der Waals surface area contributed by atoms with E-state index >= 15 is 0 Å². The average molecular weight is 190 g/mol. The number of amides is 1. The molecular weight excluding hydrogens is 172 g/mol. The highest BCUT2D eigenvalue weighted by Crippen LogP contribution is 2.04. The van der Waals surface area contributed by atoms with E-state index in [1.165, 1.54) is 0 Å². The minimum Gasteiger partial charge on any atom is -0.374 e. The number of carbonyl (C=O) groups excluding carboxylic acids is 1. The Balaban J connectivity index is 3.13. The normalized spacial score (nSPS) is 11.6. The molecule has 0 aromatic rings. The second-order valence-corrected chi connectivity index (χ2v) is 3.61. The summed E-state index contributed by atoms with van der Waals surface area (Å²) in [6.45, 7) is 6.86. The molecule has 13 heavy (non-hydrogen) atoms. The number of nitrogens with two attached hydrogens (primary N) is 1. The molecule has 0 aliphatic rings. The zero-order valence-corrected chi connectivity index (χ0v) is 8.42. The van der Waals surface area contributed by atoms with Crippen LogP contribution in [0, 0.1) is 0 Å². The fourth-order valence-electron chi connectivity index (χ4n) is 0.593. The predicted molar refractivity (Wildman–Crippen MR) is 48.9 cm³/mol. The molecule has 0 bridgehead atoms. The van der Waals surface area contributed by atoms with Crippen LogP contribution in [-0.4, -0.2) is 31.3 Å². The second kappa shape index (κ2) is 5.90. The number of hydrogen-bond donors (Lipinski definition) is 2. The maximum atomic E-state index is 10.2. The third-order valence-corrected chi connectivity index (χ3v) is 1.06. The smallest absolute Gasteiger partial charge is 0.245 e. The quantitative estimate of drug-likeness (QED) is 0.449. The van der Waals surface area contributed by atoms with Crippen LogP contribution in [-0.2, 0) is 14.4 Å². The van der Waals surface area contributed by atoms with Crippen molar-refractivity contribution >= 4 is 5.91 Å². The molecule has 0 radical (unpaired) electrons. The first-order chi connectivity index (χ1) is 5.92. The van der Waals surface area contributed by atoms with Gasteiger partial charge in [-0.15, -0.1) is 0 Å². The topological polar surface area (TPSA) is 73.6 Å². The van der Waals surface area contributed by atoms with Crippen LogP contribution in [0.15, 0.2) is 0 Å². The van der Waals surface area contributed by atoms with Gasteiger partial charge in [-0.1, -0.05) is 0 Å². The van der Waals surface area contributed by atoms with Crippen LogP contribution in [0.4, 0.5) is 0 Å². The Morgan fingerprint density at radius 3 is 2.54 bits per heavy atom. The number of ether oxygens (including phenoxy) is 1. The Bertz CT molecular complexity index is 154. The summed E-state index contributed by atoms with van der Waals surface area (Å²) in [5.41, 5.74) is 7.26. The summed E-state index contributed by atoms with van der Waals surface area (Å²) in [6, 6.07) is 0. The lowest BCUT2D eigenvalue weighted by molar-refractivity contribution is -0.125. The fraction of sp³-hybridized carbons (Fsp3) is 0.875. The molecule has 5 heteroatoms. The molecule has 0 unspecified atom stereocenters. The van der Waals surface area contributed by atoms with Crippen LogP contribution in [0.1, 0.15) is 20.8 Å². The monoisotopic (exact) mass is 190 g/mol. The van der Waals surface area contributed by atoms with Gasteiger partial charge in [0.15, 0.2) is 0 Å². The summed E-state index contributed by atoms with van der Waals surface area (Å²) in [5, 5.41) is 0. The van der Waals surface area contributed by atoms with Crippen LogP contribution < -0.4 is 11.2 Å². The highest BCUT2D eigenvalue weighted by atomic mass is 16.6. The van der Waals surface area contributed by atoms with Crippen molar-refractivity contribution < 1.29 is 14.4 Å². The van der Waals surface area contributed by atoms with E-state index in [0.29, 0.717) is 13.2 Å². The molecule has 0 spiro atoms. The maximum absolute atomic E-state index is 10.2. The van der Waals surface area contributed by atoms with E-state index in [9.17, 15) is 4.79 Å². The molecular formula is C8H18N2O3. The van der Waals surface area contributed by atoms with Gasteiger partial charge in [0, 0.05) is 6.54 Å². The number of hydroxylamine groups is 1. The SMILES string of the molecule is CC(C)(C)OCCNOCC(N)=O. The molecule has 0 heterocycles. The maximum Gasteiger partial charge on any atom is 0.245 e. The van der Waals surface area contributed by atoms with Crippen molar-refractivity contribution in [3.05, 3.63) is 0 Å². The van der Waals surface area contributed by atoms with Crippen LogP contribution in [0.25, 0.3) is 0 Å². The van der Waals surface area contributed by atoms with Crippen molar-refractivity contribution in [3.63, 3.8) is 0 Å². The third-order valence-electron chi connectivity index (χ3n) is 1.06. The Morgan fingerprint density at radius 2 is 2.08 bits per heavy atom. The standard InChI is InChI=1S/C8H18N2O3/c1-8(2,3)12-5-4-10-13-6-7(9)11/h10H,4-6H2,1-3H3,(H2,9,11). The van der Waals surface area contributed by atoms with E-state index in [0.717, 1.165) is 0 Å². The summed E-state index contributed by atoms with van der Waals surface area (Å²) in [5.74, 6) is -0.496. The van der Waals surface area contributed by atoms with Crippen molar-refractivity contribution in [1.82, 2.24) is 5.48 Å². The van der Waals surface area contributed by atoms with Crippen molar-refractivity contribution in [2.75, 3.05) is 19.8 Å². The molecule has 78 valence electrons. The lowest BCUT2D eigenvalue weighted by Gasteiger charge is -2.19. The van der Waals surface area contributed by atoms with Crippen LogP contribution in [0.3, 0.4) is 0 Å². The van der Waals surface area contributed by atoms with E-state index < -0.39 is 5.91 Å². The summed E-state index contributed by atoms with van der Waals surface area (Å²) >= 11 is 0. The van der Waals surface area contributed by atoms with Gasteiger partial charge in [-0.05, 0) is 20.8 Å². The van der Waals surface area contributed by atoms with Gasteiger partial charge >= 0.3 is 0 Å². The minimum atomic E-state index is -0.496. The first-order valence-corrected chi connectivity index (χ1v) is 4.19. The molecule has 0 saturated heterocycles. The van der Waals surface area contributed by atoms with Crippen LogP contribution >= 0.6 is 0 Å². The van der Waals surface area contributed by atoms with Gasteiger partial charge in [0.1, 0.15) is 6.61 Å². The summed E-state index contributed by atoms with van der Waals surface area (Å²) in [7, 11) is 0. The van der Waals surface area contributed by atoms with Gasteiger partial charge in [-0.25, -0.2) is 0 Å². The average Bonchev–Trinajstić information content (AvgIpc) is 1.93. The zero-order chi connectivity index (χ0) is 10.3. The lowest BCUT2D eigenvalue weighted by atomic mass is 10.2. The highest BCUT2D eigenvalue weighted by molar-refractivity contribution is 5.74. The molecule has 5 nitrogen and oxygen atoms in total. The first-order valence-electron chi connectivity index (χ1n) is 4.19. The van der Waals surface area contributed by atoms with Gasteiger partial charge in [-0.2, -0.15) is 5.48 Å². The molecule has 0 atom stereocenters. The predicted octanol–water partition coefficient (Wildman–Crippen LogP) is -0.192. The van der Waals surface area contributed by atoms with E-state index in [4.69, 9.17) is 15.3 Å². The van der Waals surface area contributed by atoms with E-state index in [-0.39, 0.29) is 12.2 Å². The van der Waals surface area contributed by atoms with Crippen molar-refractivity contribution in [2.24, 2.45) is 5.73 Å². The van der Waals surface area contributed by atoms with Crippen molar-refractivity contribution in [1.29, 1.82) is 0 Å². The molecule has 0 aliphatic heterocycles. The fourth-order valence-corrected chi connectivity index (χ4v) is 0.593. The van der Waals surface area contributed by atoms with Gasteiger partial charge < -0.3 is 10.5 Å². The van der Waals surface area contributed by atoms with E-state index in [1.807, 2.05) is 20.8 Å². The molecule has 1 amide bonds. The largest absolute Gasteiger partial charge is 0.374 e. The van der Waals surface area contributed by atoms with E-state index in [1.54, 1.807) is 0 Å². The Hall–Kier alpha value is -0.650. The van der Waals surface area contributed by atoms with Gasteiger partial charge in [0.2, 0.25) is 5.91 Å². The Kier molecular flexibility index (Phi) is 5.61. The van der Waals surface area contributed by atoms with Gasteiger partial charge in [-0.3, -0.25) is 9.63 Å². The van der Waals surface area contributed by atoms with Crippen LogP contribution in [0.5, 0.6) is 0 Å². The molecule has 0 aromatic carbocycles. The number of primary amides is 1.